The zero-order valence-corrected chi connectivity index (χ0v) is 10.9. The van der Waals surface area contributed by atoms with Crippen molar-refractivity contribution in [3.05, 3.63) is 29.8 Å². The number of aliphatic hydroxyl groups is 1. The second-order valence-electron chi connectivity index (χ2n) is 5.30. The van der Waals surface area contributed by atoms with Gasteiger partial charge in [0.15, 0.2) is 0 Å². The number of amides is 1. The van der Waals surface area contributed by atoms with Gasteiger partial charge in [0, 0.05) is 19.6 Å². The number of hydrogen-bond acceptors (Lipinski definition) is 3. The Balaban J connectivity index is 1.82. The lowest BCUT2D eigenvalue weighted by Crippen LogP contribution is -2.41. The Hall–Kier alpha value is -1.53. The number of aliphatic hydroxyl groups excluding tert-OH is 1. The van der Waals surface area contributed by atoms with Crippen molar-refractivity contribution in [1.82, 2.24) is 4.90 Å². The number of carbonyl (C=O) groups excluding carboxylic acids is 1. The molecule has 2 saturated heterocycles. The first-order valence-corrected chi connectivity index (χ1v) is 6.75. The number of benzene rings is 1. The van der Waals surface area contributed by atoms with Gasteiger partial charge in [0.1, 0.15) is 17.3 Å². The molecule has 0 radical (unpaired) electrons. The Morgan fingerprint density at radius 3 is 2.45 bits per heavy atom. The number of halogens is 2. The zero-order valence-electron chi connectivity index (χ0n) is 10.9. The monoisotopic (exact) mass is 282 g/mol. The van der Waals surface area contributed by atoms with Gasteiger partial charge in [-0.2, -0.15) is 0 Å². The molecule has 20 heavy (non-hydrogen) atoms. The van der Waals surface area contributed by atoms with Crippen LogP contribution in [0.2, 0.25) is 0 Å². The van der Waals surface area contributed by atoms with Crippen molar-refractivity contribution in [1.29, 1.82) is 0 Å². The van der Waals surface area contributed by atoms with E-state index < -0.39 is 17.7 Å². The number of para-hydroxylation sites is 1. The molecule has 0 bridgehead atoms. The van der Waals surface area contributed by atoms with Gasteiger partial charge in [-0.1, -0.05) is 6.07 Å². The molecular weight excluding hydrogens is 266 g/mol. The van der Waals surface area contributed by atoms with E-state index in [4.69, 9.17) is 0 Å². The van der Waals surface area contributed by atoms with E-state index in [1.807, 2.05) is 4.90 Å². The Labute approximate surface area is 115 Å². The highest BCUT2D eigenvalue weighted by atomic mass is 19.1. The number of carbonyl (C=O) groups is 1. The number of rotatable bonds is 2. The third-order valence-corrected chi connectivity index (χ3v) is 4.02. The van der Waals surface area contributed by atoms with Crippen molar-refractivity contribution in [2.45, 2.75) is 25.0 Å². The first-order valence-electron chi connectivity index (χ1n) is 6.75. The Kier molecular flexibility index (Phi) is 3.43. The van der Waals surface area contributed by atoms with E-state index in [1.165, 1.54) is 11.0 Å². The summed E-state index contributed by atoms with van der Waals surface area (Å²) < 4.78 is 27.5. The van der Waals surface area contributed by atoms with Gasteiger partial charge in [-0.25, -0.2) is 8.78 Å². The van der Waals surface area contributed by atoms with Crippen LogP contribution in [0.5, 0.6) is 0 Å². The molecule has 2 atom stereocenters. The summed E-state index contributed by atoms with van der Waals surface area (Å²) in [5, 5.41) is 9.53. The molecule has 1 aromatic rings. The fourth-order valence-corrected chi connectivity index (χ4v) is 3.02. The third-order valence-electron chi connectivity index (χ3n) is 4.02. The van der Waals surface area contributed by atoms with Crippen molar-refractivity contribution in [3.8, 4) is 0 Å². The van der Waals surface area contributed by atoms with Crippen LogP contribution in [0.15, 0.2) is 18.2 Å². The third kappa shape index (κ3) is 2.19. The number of anilines is 1. The fraction of sp³-hybridized carbons (Fsp3) is 0.500. The highest BCUT2D eigenvalue weighted by Crippen LogP contribution is 2.30. The summed E-state index contributed by atoms with van der Waals surface area (Å²) in [6.07, 6.45) is 0.749. The molecule has 2 fully saturated rings. The molecule has 0 aliphatic carbocycles. The van der Waals surface area contributed by atoms with E-state index in [0.29, 0.717) is 32.5 Å². The van der Waals surface area contributed by atoms with Crippen LogP contribution in [-0.2, 0) is 4.79 Å². The van der Waals surface area contributed by atoms with Gasteiger partial charge in [0.05, 0.1) is 12.1 Å². The normalized spacial score (nSPS) is 27.6. The quantitative estimate of drug-likeness (QED) is 0.884. The van der Waals surface area contributed by atoms with Gasteiger partial charge in [-0.3, -0.25) is 9.69 Å². The van der Waals surface area contributed by atoms with E-state index in [9.17, 15) is 18.7 Å². The summed E-state index contributed by atoms with van der Waals surface area (Å²) in [6, 6.07) is 3.20. The largest absolute Gasteiger partial charge is 0.392 e. The number of hydrogen-bond donors (Lipinski definition) is 1. The fourth-order valence-electron chi connectivity index (χ4n) is 3.02. The summed E-state index contributed by atoms with van der Waals surface area (Å²) in [6.45, 7) is 1.39. The van der Waals surface area contributed by atoms with E-state index in [1.54, 1.807) is 0 Å². The van der Waals surface area contributed by atoms with E-state index >= 15 is 0 Å². The van der Waals surface area contributed by atoms with Crippen LogP contribution >= 0.6 is 0 Å². The average molecular weight is 282 g/mol. The van der Waals surface area contributed by atoms with Crippen LogP contribution in [0.3, 0.4) is 0 Å². The molecular formula is C14H16F2N2O2. The van der Waals surface area contributed by atoms with E-state index in [0.717, 1.165) is 12.1 Å². The van der Waals surface area contributed by atoms with Crippen molar-refractivity contribution in [2.24, 2.45) is 0 Å². The van der Waals surface area contributed by atoms with Gasteiger partial charge in [-0.15, -0.1) is 0 Å². The van der Waals surface area contributed by atoms with E-state index in [-0.39, 0.29) is 17.6 Å². The second-order valence-corrected chi connectivity index (χ2v) is 5.30. The molecule has 2 heterocycles. The highest BCUT2D eigenvalue weighted by molar-refractivity contribution is 5.99. The molecule has 4 nitrogen and oxygen atoms in total. The SMILES string of the molecule is O=C1C(N2CC[C@@H](O)C2)CCN1c1c(F)cccc1F. The predicted molar refractivity (Wildman–Crippen MR) is 69.3 cm³/mol. The average Bonchev–Trinajstić information content (AvgIpc) is 2.97. The Morgan fingerprint density at radius 1 is 1.15 bits per heavy atom. The molecule has 3 rings (SSSR count). The summed E-state index contributed by atoms with van der Waals surface area (Å²) in [4.78, 5) is 15.4. The molecule has 2 aliphatic heterocycles. The molecule has 2 aliphatic rings. The maximum Gasteiger partial charge on any atom is 0.244 e. The second kappa shape index (κ2) is 5.10. The molecule has 0 spiro atoms. The van der Waals surface area contributed by atoms with Gasteiger partial charge in [-0.05, 0) is 25.0 Å². The van der Waals surface area contributed by atoms with Crippen LogP contribution in [0.25, 0.3) is 0 Å². The minimum absolute atomic E-state index is 0.264. The zero-order chi connectivity index (χ0) is 14.3. The summed E-state index contributed by atoms with van der Waals surface area (Å²) in [5.74, 6) is -1.73. The first-order chi connectivity index (χ1) is 9.58. The van der Waals surface area contributed by atoms with Crippen molar-refractivity contribution in [2.75, 3.05) is 24.5 Å². The number of β-amino-alcohol motifs (C(OH)–C–C–N with tert-alkyl or cyclic N) is 1. The smallest absolute Gasteiger partial charge is 0.244 e. The van der Waals surface area contributed by atoms with Gasteiger partial charge in [0.2, 0.25) is 5.91 Å². The van der Waals surface area contributed by atoms with Crippen molar-refractivity contribution < 1.29 is 18.7 Å². The van der Waals surface area contributed by atoms with Crippen LogP contribution < -0.4 is 4.90 Å². The number of likely N-dealkylation sites (tertiary alicyclic amines) is 1. The van der Waals surface area contributed by atoms with E-state index in [2.05, 4.69) is 0 Å². The molecule has 1 N–H and O–H groups in total. The molecule has 0 saturated carbocycles. The molecule has 1 aromatic carbocycles. The summed E-state index contributed by atoms with van der Waals surface area (Å²) in [5.41, 5.74) is -0.264. The van der Waals surface area contributed by atoms with Gasteiger partial charge >= 0.3 is 0 Å². The molecule has 1 unspecified atom stereocenters. The standard InChI is InChI=1S/C14H16F2N2O2/c15-10-2-1-3-11(16)13(10)18-7-5-12(14(18)20)17-6-4-9(19)8-17/h1-3,9,12,19H,4-8H2/t9-,12?/m1/s1. The van der Waals surface area contributed by atoms with Crippen molar-refractivity contribution in [3.63, 3.8) is 0 Å². The van der Waals surface area contributed by atoms with Crippen LogP contribution in [0.1, 0.15) is 12.8 Å². The minimum atomic E-state index is -0.722. The van der Waals surface area contributed by atoms with Crippen molar-refractivity contribution >= 4 is 11.6 Å². The Bertz CT molecular complexity index is 518. The molecule has 108 valence electrons. The summed E-state index contributed by atoms with van der Waals surface area (Å²) >= 11 is 0. The van der Waals surface area contributed by atoms with Crippen LogP contribution in [0, 0.1) is 11.6 Å². The number of nitrogens with zero attached hydrogens (tertiary/aromatic N) is 2. The maximum atomic E-state index is 13.8. The minimum Gasteiger partial charge on any atom is -0.392 e. The predicted octanol–water partition coefficient (Wildman–Crippen LogP) is 1.14. The maximum absolute atomic E-state index is 13.8. The summed E-state index contributed by atoms with van der Waals surface area (Å²) in [7, 11) is 0. The highest BCUT2D eigenvalue weighted by Gasteiger charge is 2.40. The first kappa shape index (κ1) is 13.5. The Morgan fingerprint density at radius 2 is 1.85 bits per heavy atom. The topological polar surface area (TPSA) is 43.8 Å². The van der Waals surface area contributed by atoms with Crippen LogP contribution in [0.4, 0.5) is 14.5 Å². The molecule has 1 amide bonds. The lowest BCUT2D eigenvalue weighted by atomic mass is 10.2. The van der Waals surface area contributed by atoms with Gasteiger partial charge in [0.25, 0.3) is 0 Å². The lowest BCUT2D eigenvalue weighted by Gasteiger charge is -2.23. The molecule has 6 heteroatoms. The van der Waals surface area contributed by atoms with Gasteiger partial charge < -0.3 is 10.0 Å². The lowest BCUT2D eigenvalue weighted by molar-refractivity contribution is -0.121. The molecule has 0 aromatic heterocycles. The van der Waals surface area contributed by atoms with Crippen LogP contribution in [-0.4, -0.2) is 47.7 Å².